The van der Waals surface area contributed by atoms with Gasteiger partial charge in [0.05, 0.1) is 12.5 Å². The molecule has 1 aromatic heterocycles. The molecule has 3 rings (SSSR count). The first-order valence-corrected chi connectivity index (χ1v) is 6.98. The summed E-state index contributed by atoms with van der Waals surface area (Å²) in [5.41, 5.74) is 2.37. The molecule has 0 amide bonds. The zero-order valence-electron chi connectivity index (χ0n) is 10.8. The molecule has 1 aliphatic rings. The highest BCUT2D eigenvalue weighted by molar-refractivity contribution is 7.71. The molecule has 0 spiro atoms. The Balaban J connectivity index is 1.93. The summed E-state index contributed by atoms with van der Waals surface area (Å²) in [5.74, 6) is 2.19. The SMILES string of the molecule is CCc1cc(=S)nc(C2COc3ccccc3C2)[nH]1. The molecular formula is C15H16N2OS. The second-order valence-corrected chi connectivity index (χ2v) is 5.22. The number of fused-ring (bicyclic) bond motifs is 1. The maximum atomic E-state index is 5.81. The van der Waals surface area contributed by atoms with Crippen molar-refractivity contribution in [1.82, 2.24) is 9.97 Å². The van der Waals surface area contributed by atoms with Crippen molar-refractivity contribution in [2.24, 2.45) is 0 Å². The minimum absolute atomic E-state index is 0.253. The van der Waals surface area contributed by atoms with Crippen molar-refractivity contribution in [3.63, 3.8) is 0 Å². The molecule has 1 unspecified atom stereocenters. The van der Waals surface area contributed by atoms with Gasteiger partial charge in [-0.25, -0.2) is 4.98 Å². The number of aromatic amines is 1. The van der Waals surface area contributed by atoms with Crippen molar-refractivity contribution < 1.29 is 4.74 Å². The maximum absolute atomic E-state index is 5.81. The van der Waals surface area contributed by atoms with Gasteiger partial charge in [-0.05, 0) is 30.5 Å². The number of aromatic nitrogens is 2. The predicted molar refractivity (Wildman–Crippen MR) is 77.2 cm³/mol. The van der Waals surface area contributed by atoms with E-state index in [1.807, 2.05) is 24.3 Å². The third kappa shape index (κ3) is 2.54. The molecule has 2 heterocycles. The van der Waals surface area contributed by atoms with Crippen LogP contribution in [0.15, 0.2) is 30.3 Å². The molecule has 0 radical (unpaired) electrons. The van der Waals surface area contributed by atoms with E-state index in [9.17, 15) is 0 Å². The smallest absolute Gasteiger partial charge is 0.130 e. The molecule has 98 valence electrons. The minimum atomic E-state index is 0.253. The van der Waals surface area contributed by atoms with Crippen LogP contribution in [0.3, 0.4) is 0 Å². The molecule has 0 bridgehead atoms. The first-order valence-electron chi connectivity index (χ1n) is 6.57. The fourth-order valence-corrected chi connectivity index (χ4v) is 2.66. The number of para-hydroxylation sites is 1. The van der Waals surface area contributed by atoms with Crippen LogP contribution >= 0.6 is 12.2 Å². The number of benzene rings is 1. The topological polar surface area (TPSA) is 37.9 Å². The van der Waals surface area contributed by atoms with Gasteiger partial charge in [-0.1, -0.05) is 37.3 Å². The molecule has 19 heavy (non-hydrogen) atoms. The number of ether oxygens (including phenoxy) is 1. The minimum Gasteiger partial charge on any atom is -0.493 e. The lowest BCUT2D eigenvalue weighted by atomic mass is 9.96. The Morgan fingerprint density at radius 1 is 1.42 bits per heavy atom. The van der Waals surface area contributed by atoms with Crippen LogP contribution < -0.4 is 4.74 Å². The van der Waals surface area contributed by atoms with Crippen LogP contribution in [0.1, 0.15) is 29.9 Å². The van der Waals surface area contributed by atoms with E-state index < -0.39 is 0 Å². The molecular weight excluding hydrogens is 256 g/mol. The molecule has 0 aliphatic carbocycles. The van der Waals surface area contributed by atoms with Crippen LogP contribution in [0.4, 0.5) is 0 Å². The van der Waals surface area contributed by atoms with Gasteiger partial charge in [-0.15, -0.1) is 0 Å². The summed E-state index contributed by atoms with van der Waals surface area (Å²) >= 11 is 5.23. The average molecular weight is 272 g/mol. The lowest BCUT2D eigenvalue weighted by Crippen LogP contribution is -2.21. The van der Waals surface area contributed by atoms with Gasteiger partial charge in [-0.3, -0.25) is 0 Å². The highest BCUT2D eigenvalue weighted by atomic mass is 32.1. The maximum Gasteiger partial charge on any atom is 0.130 e. The Labute approximate surface area is 117 Å². The van der Waals surface area contributed by atoms with Gasteiger partial charge < -0.3 is 9.72 Å². The summed E-state index contributed by atoms with van der Waals surface area (Å²) in [5, 5.41) is 0. The highest BCUT2D eigenvalue weighted by Gasteiger charge is 2.22. The van der Waals surface area contributed by atoms with Crippen LogP contribution in [-0.2, 0) is 12.8 Å². The van der Waals surface area contributed by atoms with Crippen LogP contribution in [0.2, 0.25) is 0 Å². The van der Waals surface area contributed by atoms with E-state index in [4.69, 9.17) is 17.0 Å². The Hall–Kier alpha value is -1.68. The van der Waals surface area contributed by atoms with Gasteiger partial charge in [0.15, 0.2) is 0 Å². The Kier molecular flexibility index (Phi) is 3.34. The van der Waals surface area contributed by atoms with Gasteiger partial charge in [-0.2, -0.15) is 0 Å². The van der Waals surface area contributed by atoms with Crippen molar-refractivity contribution in [2.75, 3.05) is 6.61 Å². The molecule has 3 nitrogen and oxygen atoms in total. The number of aryl methyl sites for hydroxylation is 1. The third-order valence-electron chi connectivity index (χ3n) is 3.46. The molecule has 2 aromatic rings. The van der Waals surface area contributed by atoms with Gasteiger partial charge in [0.2, 0.25) is 0 Å². The summed E-state index contributed by atoms with van der Waals surface area (Å²) in [4.78, 5) is 7.84. The average Bonchev–Trinajstić information content (AvgIpc) is 2.46. The molecule has 1 aliphatic heterocycles. The number of nitrogens with one attached hydrogen (secondary N) is 1. The summed E-state index contributed by atoms with van der Waals surface area (Å²) in [6, 6.07) is 10.1. The molecule has 4 heteroatoms. The molecule has 0 saturated carbocycles. The Morgan fingerprint density at radius 3 is 3.11 bits per heavy atom. The number of hydrogen-bond acceptors (Lipinski definition) is 3. The predicted octanol–water partition coefficient (Wildman–Crippen LogP) is 3.42. The quantitative estimate of drug-likeness (QED) is 0.851. The fourth-order valence-electron chi connectivity index (χ4n) is 2.42. The van der Waals surface area contributed by atoms with E-state index in [0.29, 0.717) is 11.2 Å². The monoisotopic (exact) mass is 272 g/mol. The third-order valence-corrected chi connectivity index (χ3v) is 3.67. The second-order valence-electron chi connectivity index (χ2n) is 4.80. The Bertz CT molecular complexity index is 651. The van der Waals surface area contributed by atoms with Gasteiger partial charge in [0.1, 0.15) is 16.2 Å². The van der Waals surface area contributed by atoms with Crippen molar-refractivity contribution in [3.8, 4) is 5.75 Å². The molecule has 0 saturated heterocycles. The van der Waals surface area contributed by atoms with Crippen molar-refractivity contribution in [2.45, 2.75) is 25.7 Å². The second kappa shape index (κ2) is 5.13. The normalized spacial score (nSPS) is 17.6. The molecule has 1 atom stereocenters. The van der Waals surface area contributed by atoms with Crippen LogP contribution in [0.25, 0.3) is 0 Å². The van der Waals surface area contributed by atoms with E-state index >= 15 is 0 Å². The van der Waals surface area contributed by atoms with E-state index in [2.05, 4.69) is 23.0 Å². The summed E-state index contributed by atoms with van der Waals surface area (Å²) in [7, 11) is 0. The van der Waals surface area contributed by atoms with Crippen molar-refractivity contribution in [1.29, 1.82) is 0 Å². The van der Waals surface area contributed by atoms with Gasteiger partial charge >= 0.3 is 0 Å². The standard InChI is InChI=1S/C15H16N2OS/c1-2-12-8-14(19)17-15(16-12)11-7-10-5-3-4-6-13(10)18-9-11/h3-6,8,11H,2,7,9H2,1H3,(H,16,17,19). The Morgan fingerprint density at radius 2 is 2.26 bits per heavy atom. The van der Waals surface area contributed by atoms with Crippen LogP contribution in [-0.4, -0.2) is 16.6 Å². The van der Waals surface area contributed by atoms with Crippen molar-refractivity contribution in [3.05, 3.63) is 52.1 Å². The number of rotatable bonds is 2. The summed E-state index contributed by atoms with van der Waals surface area (Å²) in [6.45, 7) is 2.76. The van der Waals surface area contributed by atoms with E-state index in [1.54, 1.807) is 0 Å². The first-order chi connectivity index (χ1) is 9.26. The zero-order chi connectivity index (χ0) is 13.2. The fraction of sp³-hybridized carbons (Fsp3) is 0.333. The molecule has 1 aromatic carbocycles. The van der Waals surface area contributed by atoms with E-state index in [1.165, 1.54) is 5.56 Å². The first kappa shape index (κ1) is 12.4. The highest BCUT2D eigenvalue weighted by Crippen LogP contribution is 2.30. The van der Waals surface area contributed by atoms with Gasteiger partial charge in [0, 0.05) is 5.69 Å². The van der Waals surface area contributed by atoms with Crippen LogP contribution in [0.5, 0.6) is 5.75 Å². The zero-order valence-corrected chi connectivity index (χ0v) is 11.7. The van der Waals surface area contributed by atoms with E-state index in [-0.39, 0.29) is 5.92 Å². The molecule has 1 N–H and O–H groups in total. The van der Waals surface area contributed by atoms with Gasteiger partial charge in [0.25, 0.3) is 0 Å². The van der Waals surface area contributed by atoms with E-state index in [0.717, 1.165) is 30.1 Å². The number of H-pyrrole nitrogens is 1. The number of nitrogens with zero attached hydrogens (tertiary/aromatic N) is 1. The molecule has 0 fully saturated rings. The van der Waals surface area contributed by atoms with Crippen LogP contribution in [0, 0.1) is 4.64 Å². The largest absolute Gasteiger partial charge is 0.493 e. The lowest BCUT2D eigenvalue weighted by Gasteiger charge is -2.24. The number of hydrogen-bond donors (Lipinski definition) is 1. The lowest BCUT2D eigenvalue weighted by molar-refractivity contribution is 0.257. The summed E-state index contributed by atoms with van der Waals surface area (Å²) in [6.07, 6.45) is 1.88. The summed E-state index contributed by atoms with van der Waals surface area (Å²) < 4.78 is 6.47. The van der Waals surface area contributed by atoms with Crippen molar-refractivity contribution >= 4 is 12.2 Å².